The van der Waals surface area contributed by atoms with Crippen molar-refractivity contribution in [2.45, 2.75) is 31.7 Å². The molecule has 0 aliphatic carbocycles. The Morgan fingerprint density at radius 3 is 2.44 bits per heavy atom. The summed E-state index contributed by atoms with van der Waals surface area (Å²) < 4.78 is 70.3. The number of benzene rings is 2. The fourth-order valence-electron chi connectivity index (χ4n) is 2.55. The third-order valence-electron chi connectivity index (χ3n) is 3.83. The van der Waals surface area contributed by atoms with E-state index in [1.54, 1.807) is 0 Å². The summed E-state index contributed by atoms with van der Waals surface area (Å²) in [7, 11) is -3.78. The van der Waals surface area contributed by atoms with E-state index in [2.05, 4.69) is 4.72 Å². The molecule has 1 N–H and O–H groups in total. The Balaban J connectivity index is 1.91. The standard InChI is InChI=1S/C19H22F3NO3S/c1-14(2)17-8-3-4-9-18(17)26-11-10-23-27(24,25)13-15-6-5-7-16(12-15)19(20,21)22/h3-9,12,14,23H,10-11,13H2,1-2H3. The van der Waals surface area contributed by atoms with E-state index in [-0.39, 0.29) is 24.6 Å². The van der Waals surface area contributed by atoms with Gasteiger partial charge in [0.25, 0.3) is 0 Å². The first-order valence-electron chi connectivity index (χ1n) is 8.44. The van der Waals surface area contributed by atoms with E-state index in [1.807, 2.05) is 38.1 Å². The van der Waals surface area contributed by atoms with Gasteiger partial charge in [-0.1, -0.05) is 50.2 Å². The molecule has 0 aliphatic rings. The summed E-state index contributed by atoms with van der Waals surface area (Å²) in [6.07, 6.45) is -4.51. The van der Waals surface area contributed by atoms with Crippen LogP contribution in [0.1, 0.15) is 36.5 Å². The average Bonchev–Trinajstić information content (AvgIpc) is 2.58. The predicted octanol–water partition coefficient (Wildman–Crippen LogP) is 4.33. The number of ether oxygens (including phenoxy) is 1. The van der Waals surface area contributed by atoms with Crippen LogP contribution < -0.4 is 9.46 Å². The molecule has 0 atom stereocenters. The maximum Gasteiger partial charge on any atom is 0.416 e. The first-order chi connectivity index (χ1) is 12.6. The number of hydrogen-bond acceptors (Lipinski definition) is 3. The molecule has 0 spiro atoms. The fraction of sp³-hybridized carbons (Fsp3) is 0.368. The lowest BCUT2D eigenvalue weighted by molar-refractivity contribution is -0.137. The third-order valence-corrected chi connectivity index (χ3v) is 5.19. The number of alkyl halides is 3. The van der Waals surface area contributed by atoms with Gasteiger partial charge in [0.05, 0.1) is 11.3 Å². The smallest absolute Gasteiger partial charge is 0.416 e. The van der Waals surface area contributed by atoms with Crippen molar-refractivity contribution in [3.05, 3.63) is 65.2 Å². The van der Waals surface area contributed by atoms with Crippen molar-refractivity contribution in [3.63, 3.8) is 0 Å². The monoisotopic (exact) mass is 401 g/mol. The molecule has 0 amide bonds. The van der Waals surface area contributed by atoms with Gasteiger partial charge in [-0.15, -0.1) is 0 Å². The Kier molecular flexibility index (Phi) is 6.89. The highest BCUT2D eigenvalue weighted by Gasteiger charge is 2.30. The highest BCUT2D eigenvalue weighted by Crippen LogP contribution is 2.30. The van der Waals surface area contributed by atoms with Crippen molar-refractivity contribution < 1.29 is 26.3 Å². The quantitative estimate of drug-likeness (QED) is 0.670. The number of halogens is 3. The van der Waals surface area contributed by atoms with Gasteiger partial charge in [-0.2, -0.15) is 13.2 Å². The molecule has 148 valence electrons. The van der Waals surface area contributed by atoms with Crippen molar-refractivity contribution in [1.82, 2.24) is 4.72 Å². The Morgan fingerprint density at radius 1 is 1.07 bits per heavy atom. The van der Waals surface area contributed by atoms with Crippen LogP contribution in [0, 0.1) is 0 Å². The summed E-state index contributed by atoms with van der Waals surface area (Å²) in [6.45, 7) is 4.19. The molecule has 2 rings (SSSR count). The normalized spacial score (nSPS) is 12.4. The van der Waals surface area contributed by atoms with Gasteiger partial charge in [-0.05, 0) is 29.2 Å². The summed E-state index contributed by atoms with van der Waals surface area (Å²) in [5, 5.41) is 0. The number of para-hydroxylation sites is 1. The number of rotatable bonds is 8. The molecule has 8 heteroatoms. The van der Waals surface area contributed by atoms with E-state index in [4.69, 9.17) is 4.74 Å². The van der Waals surface area contributed by atoms with Crippen molar-refractivity contribution in [2.75, 3.05) is 13.2 Å². The SMILES string of the molecule is CC(C)c1ccccc1OCCNS(=O)(=O)Cc1cccc(C(F)(F)F)c1. The predicted molar refractivity (Wildman–Crippen MR) is 98.1 cm³/mol. The minimum atomic E-state index is -4.51. The van der Waals surface area contributed by atoms with Crippen LogP contribution in [-0.4, -0.2) is 21.6 Å². The van der Waals surface area contributed by atoms with Crippen LogP contribution in [0.15, 0.2) is 48.5 Å². The third kappa shape index (κ3) is 6.55. The second-order valence-electron chi connectivity index (χ2n) is 6.39. The Bertz CT molecular complexity index is 864. The number of sulfonamides is 1. The molecule has 0 saturated heterocycles. The van der Waals surface area contributed by atoms with Crippen LogP contribution in [0.3, 0.4) is 0 Å². The maximum absolute atomic E-state index is 12.7. The van der Waals surface area contributed by atoms with Crippen molar-refractivity contribution in [1.29, 1.82) is 0 Å². The van der Waals surface area contributed by atoms with Gasteiger partial charge in [0.1, 0.15) is 12.4 Å². The molecule has 0 aromatic heterocycles. The molecule has 2 aromatic rings. The average molecular weight is 401 g/mol. The molecule has 0 unspecified atom stereocenters. The Labute approximate surface area is 157 Å². The zero-order valence-electron chi connectivity index (χ0n) is 15.1. The molecule has 4 nitrogen and oxygen atoms in total. The molecule has 0 heterocycles. The van der Waals surface area contributed by atoms with Crippen LogP contribution in [0.5, 0.6) is 5.75 Å². The highest BCUT2D eigenvalue weighted by molar-refractivity contribution is 7.88. The van der Waals surface area contributed by atoms with E-state index in [1.165, 1.54) is 12.1 Å². The summed E-state index contributed by atoms with van der Waals surface area (Å²) in [4.78, 5) is 0. The molecule has 0 fully saturated rings. The minimum Gasteiger partial charge on any atom is -0.492 e. The fourth-order valence-corrected chi connectivity index (χ4v) is 3.67. The zero-order valence-corrected chi connectivity index (χ0v) is 15.9. The van der Waals surface area contributed by atoms with Gasteiger partial charge in [-0.25, -0.2) is 13.1 Å². The lowest BCUT2D eigenvalue weighted by atomic mass is 10.0. The number of nitrogens with one attached hydrogen (secondary N) is 1. The largest absolute Gasteiger partial charge is 0.492 e. The summed E-state index contributed by atoms with van der Waals surface area (Å²) in [6, 6.07) is 11.8. The van der Waals surface area contributed by atoms with E-state index in [9.17, 15) is 21.6 Å². The molecule has 0 radical (unpaired) electrons. The highest BCUT2D eigenvalue weighted by atomic mass is 32.2. The van der Waals surface area contributed by atoms with Gasteiger partial charge < -0.3 is 4.74 Å². The molecule has 27 heavy (non-hydrogen) atoms. The van der Waals surface area contributed by atoms with Gasteiger partial charge in [-0.3, -0.25) is 0 Å². The lowest BCUT2D eigenvalue weighted by Crippen LogP contribution is -2.29. The first-order valence-corrected chi connectivity index (χ1v) is 10.1. The topological polar surface area (TPSA) is 55.4 Å². The lowest BCUT2D eigenvalue weighted by Gasteiger charge is -2.14. The van der Waals surface area contributed by atoms with Crippen LogP contribution in [-0.2, 0) is 22.0 Å². The molecule has 2 aromatic carbocycles. The molecular weight excluding hydrogens is 379 g/mol. The Hall–Kier alpha value is -2.06. The number of hydrogen-bond donors (Lipinski definition) is 1. The van der Waals surface area contributed by atoms with Crippen LogP contribution in [0.2, 0.25) is 0 Å². The van der Waals surface area contributed by atoms with Crippen molar-refractivity contribution in [3.8, 4) is 5.75 Å². The molecular formula is C19H22F3NO3S. The summed E-state index contributed by atoms with van der Waals surface area (Å²) in [5.41, 5.74) is 0.219. The van der Waals surface area contributed by atoms with E-state index in [0.29, 0.717) is 5.75 Å². The van der Waals surface area contributed by atoms with Gasteiger partial charge in [0.2, 0.25) is 10.0 Å². The Morgan fingerprint density at radius 2 is 1.78 bits per heavy atom. The van der Waals surface area contributed by atoms with Gasteiger partial charge in [0, 0.05) is 6.54 Å². The maximum atomic E-state index is 12.7. The second-order valence-corrected chi connectivity index (χ2v) is 8.20. The van der Waals surface area contributed by atoms with Crippen molar-refractivity contribution in [2.24, 2.45) is 0 Å². The summed E-state index contributed by atoms with van der Waals surface area (Å²) in [5.74, 6) is 0.419. The van der Waals surface area contributed by atoms with Crippen LogP contribution in [0.25, 0.3) is 0 Å². The van der Waals surface area contributed by atoms with E-state index < -0.39 is 27.5 Å². The van der Waals surface area contributed by atoms with Gasteiger partial charge >= 0.3 is 6.18 Å². The molecule has 0 bridgehead atoms. The second kappa shape index (κ2) is 8.75. The van der Waals surface area contributed by atoms with Gasteiger partial charge in [0.15, 0.2) is 0 Å². The van der Waals surface area contributed by atoms with Crippen LogP contribution >= 0.6 is 0 Å². The van der Waals surface area contributed by atoms with Crippen LogP contribution in [0.4, 0.5) is 13.2 Å². The zero-order chi connectivity index (χ0) is 20.1. The molecule has 0 aliphatic heterocycles. The first kappa shape index (κ1) is 21.2. The van der Waals surface area contributed by atoms with E-state index in [0.717, 1.165) is 17.7 Å². The minimum absolute atomic E-state index is 0.0216. The van der Waals surface area contributed by atoms with Crippen molar-refractivity contribution >= 4 is 10.0 Å². The molecule has 0 saturated carbocycles. The summed E-state index contributed by atoms with van der Waals surface area (Å²) >= 11 is 0. The van der Waals surface area contributed by atoms with E-state index >= 15 is 0 Å².